The summed E-state index contributed by atoms with van der Waals surface area (Å²) in [4.78, 5) is 76.3. The third kappa shape index (κ3) is 10.1. The summed E-state index contributed by atoms with van der Waals surface area (Å²) in [5.74, 6) is 0.540. The van der Waals surface area contributed by atoms with E-state index < -0.39 is 29.6 Å². The van der Waals surface area contributed by atoms with Crippen molar-refractivity contribution in [2.75, 3.05) is 45.8 Å². The Kier molecular flexibility index (Phi) is 14.3. The van der Waals surface area contributed by atoms with Gasteiger partial charge in [-0.15, -0.1) is 32.9 Å². The van der Waals surface area contributed by atoms with E-state index in [9.17, 15) is 24.3 Å². The molecule has 1 spiro atoms. The topological polar surface area (TPSA) is 181 Å². The Bertz CT molecular complexity index is 2980. The second-order valence-corrected chi connectivity index (χ2v) is 25.1. The van der Waals surface area contributed by atoms with Gasteiger partial charge in [0.05, 0.1) is 46.9 Å². The van der Waals surface area contributed by atoms with E-state index in [-0.39, 0.29) is 67.1 Å². The number of rotatable bonds is 12. The van der Waals surface area contributed by atoms with Crippen molar-refractivity contribution in [1.29, 1.82) is 0 Å². The van der Waals surface area contributed by atoms with Crippen LogP contribution in [0.4, 0.5) is 0 Å². The van der Waals surface area contributed by atoms with E-state index in [4.69, 9.17) is 16.6 Å². The summed E-state index contributed by atoms with van der Waals surface area (Å²) in [7, 11) is 0. The summed E-state index contributed by atoms with van der Waals surface area (Å²) in [5.41, 5.74) is 8.19. The number of hydrogen-bond donors (Lipinski definition) is 3. The fourth-order valence-corrected chi connectivity index (χ4v) is 14.0. The van der Waals surface area contributed by atoms with Gasteiger partial charge in [-0.05, 0) is 88.6 Å². The van der Waals surface area contributed by atoms with Crippen molar-refractivity contribution in [2.45, 2.75) is 130 Å². The number of fused-ring (bicyclic) bond motifs is 3. The number of nitrogens with one attached hydrogen (secondary N) is 2. The lowest BCUT2D eigenvalue weighted by molar-refractivity contribution is -0.159. The number of aromatic nitrogens is 4. The van der Waals surface area contributed by atoms with E-state index >= 15 is 0 Å². The average Bonchev–Trinajstić information content (AvgIpc) is 4.10. The molecule has 2 aromatic carbocycles. The molecule has 4 amide bonds. The normalized spacial score (nSPS) is 22.8. The second kappa shape index (κ2) is 20.3. The van der Waals surface area contributed by atoms with Gasteiger partial charge in [-0.1, -0.05) is 68.8 Å². The standard InChI is InChI=1S/C55H68ClN11O5S2/c1-30-24-64(40-22-55(23-40)27-65(28-55)45(70)21-42-50-62-61-35(6)67(50)53-46(31(2)34(5)74-53)47(59-42)37-14-16-39(56)17-15-37)19-18-63(30)26-44(69)60-49(54(7,8)9)52(72)66-25-41(68)20-43(66)51(71)58-32(3)36-10-12-38(13-11-36)48-33(4)57-29-73-48/h10-17,29-30,32,40-43,49,68H,18-28H2,1-9H3,(H,58,71)(H,60,69)/t30-,32-,41+,42-,43-,49+/m0/s1. The molecule has 4 fully saturated rings. The maximum Gasteiger partial charge on any atom is 0.246 e. The van der Waals surface area contributed by atoms with Gasteiger partial charge in [0.1, 0.15) is 29.0 Å². The number of benzene rings is 2. The molecule has 7 heterocycles. The van der Waals surface area contributed by atoms with Crippen LogP contribution in [-0.4, -0.2) is 150 Å². The van der Waals surface area contributed by atoms with Crippen LogP contribution in [0.1, 0.15) is 117 Å². The van der Waals surface area contributed by atoms with Crippen molar-refractivity contribution in [3.63, 3.8) is 0 Å². The molecule has 6 atom stereocenters. The van der Waals surface area contributed by atoms with Crippen LogP contribution in [-0.2, 0) is 19.2 Å². The van der Waals surface area contributed by atoms with Crippen molar-refractivity contribution in [1.82, 2.24) is 50.0 Å². The first-order valence-electron chi connectivity index (χ1n) is 25.9. The predicted molar refractivity (Wildman–Crippen MR) is 289 cm³/mol. The molecule has 4 aliphatic heterocycles. The molecule has 5 aromatic rings. The van der Waals surface area contributed by atoms with Gasteiger partial charge in [-0.2, -0.15) is 0 Å². The lowest BCUT2D eigenvalue weighted by Gasteiger charge is -2.62. The lowest BCUT2D eigenvalue weighted by Crippen LogP contribution is -2.69. The zero-order chi connectivity index (χ0) is 52.5. The van der Waals surface area contributed by atoms with Crippen molar-refractivity contribution in [3.05, 3.63) is 104 Å². The summed E-state index contributed by atoms with van der Waals surface area (Å²) in [5, 5.41) is 27.7. The molecule has 19 heteroatoms. The van der Waals surface area contributed by atoms with Crippen molar-refractivity contribution < 1.29 is 24.3 Å². The van der Waals surface area contributed by atoms with Gasteiger partial charge in [0, 0.05) is 84.2 Å². The van der Waals surface area contributed by atoms with Gasteiger partial charge >= 0.3 is 0 Å². The first-order chi connectivity index (χ1) is 35.2. The smallest absolute Gasteiger partial charge is 0.246 e. The van der Waals surface area contributed by atoms with E-state index in [0.29, 0.717) is 23.4 Å². The Balaban J connectivity index is 0.710. The number of aliphatic imine (C=N–C) groups is 1. The fraction of sp³-hybridized carbons (Fsp3) is 0.527. The molecular weight excluding hydrogens is 994 g/mol. The summed E-state index contributed by atoms with van der Waals surface area (Å²) >= 11 is 9.59. The zero-order valence-electron chi connectivity index (χ0n) is 43.8. The van der Waals surface area contributed by atoms with Crippen LogP contribution in [0.15, 0.2) is 59.0 Å². The molecular formula is C55H68ClN11O5S2. The van der Waals surface area contributed by atoms with Crippen molar-refractivity contribution in [2.24, 2.45) is 15.8 Å². The monoisotopic (exact) mass is 1060 g/mol. The van der Waals surface area contributed by atoms with Crippen LogP contribution in [0.3, 0.4) is 0 Å². The van der Waals surface area contributed by atoms with E-state index in [1.807, 2.05) is 100 Å². The number of hydrogen-bond acceptors (Lipinski definition) is 13. The van der Waals surface area contributed by atoms with Crippen LogP contribution < -0.4 is 10.6 Å². The minimum absolute atomic E-state index is 0.00946. The Morgan fingerprint density at radius 2 is 1.64 bits per heavy atom. The minimum Gasteiger partial charge on any atom is -0.391 e. The maximum absolute atomic E-state index is 14.4. The van der Waals surface area contributed by atoms with Crippen LogP contribution in [0.25, 0.3) is 15.4 Å². The molecule has 5 aliphatic rings. The summed E-state index contributed by atoms with van der Waals surface area (Å²) in [6.45, 7) is 21.9. The Hall–Kier alpha value is -5.37. The molecule has 392 valence electrons. The third-order valence-electron chi connectivity index (χ3n) is 16.2. The van der Waals surface area contributed by atoms with E-state index in [1.165, 1.54) is 9.78 Å². The predicted octanol–water partition coefficient (Wildman–Crippen LogP) is 6.99. The minimum atomic E-state index is -0.911. The quantitative estimate of drug-likeness (QED) is 0.118. The fourth-order valence-electron chi connectivity index (χ4n) is 11.8. The molecule has 1 aliphatic carbocycles. The Morgan fingerprint density at radius 3 is 2.30 bits per heavy atom. The number of aryl methyl sites for hydroxylation is 3. The highest BCUT2D eigenvalue weighted by Crippen LogP contribution is 2.51. The highest BCUT2D eigenvalue weighted by atomic mass is 35.5. The Labute approximate surface area is 446 Å². The number of carbonyl (C=O) groups excluding carboxylic acids is 4. The van der Waals surface area contributed by atoms with Crippen LogP contribution in [0, 0.1) is 38.5 Å². The molecule has 74 heavy (non-hydrogen) atoms. The molecule has 0 unspecified atom stereocenters. The number of thiophene rings is 1. The first-order valence-corrected chi connectivity index (χ1v) is 28.0. The number of halogens is 1. The summed E-state index contributed by atoms with van der Waals surface area (Å²) < 4.78 is 2.09. The molecule has 1 saturated carbocycles. The number of likely N-dealkylation sites (tertiary alicyclic amines) is 2. The van der Waals surface area contributed by atoms with Crippen LogP contribution in [0.5, 0.6) is 0 Å². The highest BCUT2D eigenvalue weighted by molar-refractivity contribution is 7.15. The lowest BCUT2D eigenvalue weighted by atomic mass is 9.60. The molecule has 3 aromatic heterocycles. The van der Waals surface area contributed by atoms with Crippen LogP contribution in [0.2, 0.25) is 5.02 Å². The zero-order valence-corrected chi connectivity index (χ0v) is 46.2. The van der Waals surface area contributed by atoms with Gasteiger partial charge in [-0.25, -0.2) is 4.98 Å². The van der Waals surface area contributed by atoms with Crippen LogP contribution >= 0.6 is 34.3 Å². The van der Waals surface area contributed by atoms with Gasteiger partial charge in [0.2, 0.25) is 23.6 Å². The van der Waals surface area contributed by atoms with Gasteiger partial charge in [0.25, 0.3) is 0 Å². The van der Waals surface area contributed by atoms with Gasteiger partial charge in [-0.3, -0.25) is 38.5 Å². The second-order valence-electron chi connectivity index (χ2n) is 22.6. The van der Waals surface area contributed by atoms with E-state index in [2.05, 4.69) is 61.0 Å². The number of carbonyl (C=O) groups is 4. The van der Waals surface area contributed by atoms with Gasteiger partial charge < -0.3 is 25.5 Å². The first kappa shape index (κ1) is 52.1. The van der Waals surface area contributed by atoms with E-state index in [1.54, 1.807) is 22.7 Å². The molecule has 16 nitrogen and oxygen atoms in total. The summed E-state index contributed by atoms with van der Waals surface area (Å²) in [6, 6.07) is 13.6. The molecule has 0 radical (unpaired) electrons. The number of amides is 4. The summed E-state index contributed by atoms with van der Waals surface area (Å²) in [6.07, 6.45) is 1.50. The largest absolute Gasteiger partial charge is 0.391 e. The van der Waals surface area contributed by atoms with Gasteiger partial charge in [0.15, 0.2) is 5.82 Å². The average molecular weight is 1060 g/mol. The maximum atomic E-state index is 14.4. The van der Waals surface area contributed by atoms with E-state index in [0.717, 1.165) is 93.9 Å². The number of thiazole rings is 1. The Morgan fingerprint density at radius 1 is 0.932 bits per heavy atom. The number of aliphatic hydroxyl groups is 1. The van der Waals surface area contributed by atoms with Crippen molar-refractivity contribution >= 4 is 63.6 Å². The SMILES string of the molecule is Cc1ncsc1-c1ccc([C@H](C)NC(=O)[C@@H]2C[C@@H](O)CN2C(=O)[C@@H](NC(=O)CN2CCN(C3CC4(C3)CN(C(=O)C[C@@H]3N=C(c5ccc(Cl)cc5)c5c(sc(C)c5C)-n5c(C)nnc53)C4)C[C@@H]2C)C(C)(C)C)cc1. The van der Waals surface area contributed by atoms with Crippen molar-refractivity contribution in [3.8, 4) is 15.4 Å². The molecule has 0 bridgehead atoms. The molecule has 3 N–H and O–H groups in total. The number of piperazine rings is 1. The number of β-amino-alcohol motifs (C(OH)–C–C–N with tert-alkyl or cyclic N) is 1. The number of aliphatic hydroxyl groups excluding tert-OH is 1. The highest BCUT2D eigenvalue weighted by Gasteiger charge is 2.55. The molecule has 3 saturated heterocycles. The molecule has 10 rings (SSSR count). The number of nitrogens with zero attached hydrogens (tertiary/aromatic N) is 9. The third-order valence-corrected chi connectivity index (χ3v) is 18.6.